The zero-order valence-corrected chi connectivity index (χ0v) is 11.8. The van der Waals surface area contributed by atoms with Crippen LogP contribution in [0.15, 0.2) is 59.5 Å². The third-order valence-electron chi connectivity index (χ3n) is 2.95. The largest absolute Gasteiger partial charge is 0.379 e. The van der Waals surface area contributed by atoms with E-state index in [1.165, 1.54) is 10.8 Å². The lowest BCUT2D eigenvalue weighted by molar-refractivity contribution is 1.01. The van der Waals surface area contributed by atoms with Crippen molar-refractivity contribution in [1.29, 1.82) is 0 Å². The lowest BCUT2D eigenvalue weighted by atomic mass is 10.1. The second-order valence-electron chi connectivity index (χ2n) is 4.19. The van der Waals surface area contributed by atoms with Gasteiger partial charge in [-0.15, -0.1) is 0 Å². The Morgan fingerprint density at radius 1 is 1.00 bits per heavy atom. The molecule has 0 radical (unpaired) electrons. The third-order valence-corrected chi connectivity index (χ3v) is 3.64. The molecular formula is C15H12BrN3. The van der Waals surface area contributed by atoms with Gasteiger partial charge in [-0.05, 0) is 17.5 Å². The molecule has 3 rings (SSSR count). The number of halogens is 1. The molecule has 94 valence electrons. The summed E-state index contributed by atoms with van der Waals surface area (Å²) in [6.45, 7) is 0.666. The minimum Gasteiger partial charge on any atom is -0.379 e. The summed E-state index contributed by atoms with van der Waals surface area (Å²) in [5.74, 6) is 0. The molecule has 3 aromatic rings. The van der Waals surface area contributed by atoms with Gasteiger partial charge in [0.15, 0.2) is 0 Å². The standard InChI is InChI=1S/C15H12BrN3/c16-14-5-6-15(13-4-2-1-3-12(13)14)19-10-11-9-17-7-8-18-11/h1-9,19H,10H2. The first-order chi connectivity index (χ1) is 9.34. The SMILES string of the molecule is Brc1ccc(NCc2cnccn2)c2ccccc12. The molecule has 0 aliphatic rings. The minimum absolute atomic E-state index is 0.666. The van der Waals surface area contributed by atoms with Gasteiger partial charge in [0.2, 0.25) is 0 Å². The first-order valence-corrected chi connectivity index (χ1v) is 6.80. The highest BCUT2D eigenvalue weighted by Gasteiger charge is 2.03. The molecule has 0 aliphatic carbocycles. The average molecular weight is 314 g/mol. The van der Waals surface area contributed by atoms with E-state index in [0.29, 0.717) is 6.54 Å². The first kappa shape index (κ1) is 12.1. The van der Waals surface area contributed by atoms with Crippen LogP contribution in [0.5, 0.6) is 0 Å². The van der Waals surface area contributed by atoms with Gasteiger partial charge in [-0.1, -0.05) is 40.2 Å². The molecule has 0 fully saturated rings. The van der Waals surface area contributed by atoms with Gasteiger partial charge in [0.05, 0.1) is 18.4 Å². The highest BCUT2D eigenvalue weighted by molar-refractivity contribution is 9.10. The summed E-state index contributed by atoms with van der Waals surface area (Å²) in [6.07, 6.45) is 5.16. The lowest BCUT2D eigenvalue weighted by Gasteiger charge is -2.10. The van der Waals surface area contributed by atoms with Crippen LogP contribution >= 0.6 is 15.9 Å². The van der Waals surface area contributed by atoms with Crippen molar-refractivity contribution in [3.05, 3.63) is 65.2 Å². The predicted octanol–water partition coefficient (Wildman–Crippen LogP) is 4.00. The highest BCUT2D eigenvalue weighted by atomic mass is 79.9. The molecule has 1 N–H and O–H groups in total. The summed E-state index contributed by atoms with van der Waals surface area (Å²) in [4.78, 5) is 8.32. The van der Waals surface area contributed by atoms with Gasteiger partial charge in [0.1, 0.15) is 0 Å². The second kappa shape index (κ2) is 5.36. The quantitative estimate of drug-likeness (QED) is 0.794. The fraction of sp³-hybridized carbons (Fsp3) is 0.0667. The number of hydrogen-bond acceptors (Lipinski definition) is 3. The predicted molar refractivity (Wildman–Crippen MR) is 81.0 cm³/mol. The molecule has 1 aromatic heterocycles. The molecular weight excluding hydrogens is 302 g/mol. The van der Waals surface area contributed by atoms with Crippen LogP contribution in [0.4, 0.5) is 5.69 Å². The molecule has 0 saturated carbocycles. The Kier molecular flexibility index (Phi) is 3.42. The van der Waals surface area contributed by atoms with Gasteiger partial charge in [0.25, 0.3) is 0 Å². The van der Waals surface area contributed by atoms with Gasteiger partial charge < -0.3 is 5.32 Å². The summed E-state index contributed by atoms with van der Waals surface area (Å²) in [5.41, 5.74) is 2.03. The molecule has 3 nitrogen and oxygen atoms in total. The van der Waals surface area contributed by atoms with Crippen molar-refractivity contribution in [3.8, 4) is 0 Å². The summed E-state index contributed by atoms with van der Waals surface area (Å²) >= 11 is 3.58. The second-order valence-corrected chi connectivity index (χ2v) is 5.05. The van der Waals surface area contributed by atoms with E-state index in [2.05, 4.69) is 55.5 Å². The fourth-order valence-electron chi connectivity index (χ4n) is 2.02. The third kappa shape index (κ3) is 2.58. The van der Waals surface area contributed by atoms with E-state index in [-0.39, 0.29) is 0 Å². The number of benzene rings is 2. The van der Waals surface area contributed by atoms with Gasteiger partial charge in [-0.2, -0.15) is 0 Å². The maximum Gasteiger partial charge on any atom is 0.0777 e. The Morgan fingerprint density at radius 3 is 2.63 bits per heavy atom. The van der Waals surface area contributed by atoms with Crippen molar-refractivity contribution in [2.75, 3.05) is 5.32 Å². The summed E-state index contributed by atoms with van der Waals surface area (Å²) in [6, 6.07) is 12.4. The number of nitrogens with one attached hydrogen (secondary N) is 1. The number of hydrogen-bond donors (Lipinski definition) is 1. The molecule has 2 aromatic carbocycles. The fourth-order valence-corrected chi connectivity index (χ4v) is 2.50. The van der Waals surface area contributed by atoms with E-state index < -0.39 is 0 Å². The molecule has 0 spiro atoms. The Balaban J connectivity index is 1.91. The molecule has 0 bridgehead atoms. The smallest absolute Gasteiger partial charge is 0.0777 e. The molecule has 0 amide bonds. The molecule has 19 heavy (non-hydrogen) atoms. The minimum atomic E-state index is 0.666. The van der Waals surface area contributed by atoms with Crippen LogP contribution in [-0.4, -0.2) is 9.97 Å². The van der Waals surface area contributed by atoms with Crippen LogP contribution in [0.1, 0.15) is 5.69 Å². The van der Waals surface area contributed by atoms with E-state index in [1.807, 2.05) is 12.1 Å². The summed E-state index contributed by atoms with van der Waals surface area (Å²) < 4.78 is 1.10. The molecule has 0 atom stereocenters. The zero-order valence-electron chi connectivity index (χ0n) is 10.2. The van der Waals surface area contributed by atoms with E-state index in [4.69, 9.17) is 0 Å². The molecule has 0 unspecified atom stereocenters. The Labute approximate surface area is 119 Å². The van der Waals surface area contributed by atoms with Crippen molar-refractivity contribution in [1.82, 2.24) is 9.97 Å². The Bertz CT molecular complexity index is 698. The lowest BCUT2D eigenvalue weighted by Crippen LogP contribution is -2.02. The van der Waals surface area contributed by atoms with Crippen LogP contribution in [0, 0.1) is 0 Å². The van der Waals surface area contributed by atoms with Crippen LogP contribution < -0.4 is 5.32 Å². The van der Waals surface area contributed by atoms with Crippen LogP contribution in [0.3, 0.4) is 0 Å². The van der Waals surface area contributed by atoms with Gasteiger partial charge in [-0.25, -0.2) is 0 Å². The zero-order chi connectivity index (χ0) is 13.1. The van der Waals surface area contributed by atoms with Gasteiger partial charge in [-0.3, -0.25) is 9.97 Å². The normalized spacial score (nSPS) is 10.6. The molecule has 1 heterocycles. The van der Waals surface area contributed by atoms with Crippen molar-refractivity contribution in [3.63, 3.8) is 0 Å². The number of anilines is 1. The number of rotatable bonds is 3. The average Bonchev–Trinajstić information content (AvgIpc) is 2.48. The van der Waals surface area contributed by atoms with Crippen molar-refractivity contribution < 1.29 is 0 Å². The van der Waals surface area contributed by atoms with Gasteiger partial charge >= 0.3 is 0 Å². The summed E-state index contributed by atoms with van der Waals surface area (Å²) in [5, 5.41) is 5.80. The van der Waals surface area contributed by atoms with Crippen molar-refractivity contribution in [2.45, 2.75) is 6.54 Å². The first-order valence-electron chi connectivity index (χ1n) is 6.00. The van der Waals surface area contributed by atoms with Crippen molar-refractivity contribution >= 4 is 32.4 Å². The Morgan fingerprint density at radius 2 is 1.84 bits per heavy atom. The van der Waals surface area contributed by atoms with Crippen LogP contribution in [-0.2, 0) is 6.54 Å². The van der Waals surface area contributed by atoms with Gasteiger partial charge in [0, 0.05) is 27.9 Å². The van der Waals surface area contributed by atoms with E-state index in [9.17, 15) is 0 Å². The summed E-state index contributed by atoms with van der Waals surface area (Å²) in [7, 11) is 0. The highest BCUT2D eigenvalue weighted by Crippen LogP contribution is 2.30. The number of fused-ring (bicyclic) bond motifs is 1. The topological polar surface area (TPSA) is 37.8 Å². The van der Waals surface area contributed by atoms with Crippen LogP contribution in [0.2, 0.25) is 0 Å². The maximum absolute atomic E-state index is 4.26. The molecule has 4 heteroatoms. The molecule has 0 aliphatic heterocycles. The maximum atomic E-state index is 4.26. The van der Waals surface area contributed by atoms with E-state index in [1.54, 1.807) is 18.6 Å². The molecule has 0 saturated heterocycles. The monoisotopic (exact) mass is 313 g/mol. The van der Waals surface area contributed by atoms with E-state index in [0.717, 1.165) is 15.9 Å². The van der Waals surface area contributed by atoms with Crippen molar-refractivity contribution in [2.24, 2.45) is 0 Å². The van der Waals surface area contributed by atoms with Crippen LogP contribution in [0.25, 0.3) is 10.8 Å². The van der Waals surface area contributed by atoms with E-state index >= 15 is 0 Å². The number of aromatic nitrogens is 2. The Hall–Kier alpha value is -1.94. The number of nitrogens with zero attached hydrogens (tertiary/aromatic N) is 2.